The number of hydrogen-bond donors (Lipinski definition) is 1. The van der Waals surface area contributed by atoms with Crippen LogP contribution in [0.5, 0.6) is 0 Å². The highest BCUT2D eigenvalue weighted by Gasteiger charge is 2.33. The second-order valence-electron chi connectivity index (χ2n) is 7.20. The van der Waals surface area contributed by atoms with Gasteiger partial charge in [-0.1, -0.05) is 43.0 Å². The van der Waals surface area contributed by atoms with E-state index >= 15 is 0 Å². The summed E-state index contributed by atoms with van der Waals surface area (Å²) in [5.74, 6) is -0.884. The van der Waals surface area contributed by atoms with Crippen molar-refractivity contribution in [2.45, 2.75) is 49.6 Å². The van der Waals surface area contributed by atoms with E-state index in [4.69, 9.17) is 11.6 Å². The number of nitrogens with zero attached hydrogens (tertiary/aromatic N) is 1. The summed E-state index contributed by atoms with van der Waals surface area (Å²) in [5, 5.41) is 3.38. The second kappa shape index (κ2) is 9.69. The number of hydrogen-bond acceptors (Lipinski definition) is 3. The predicted molar refractivity (Wildman–Crippen MR) is 110 cm³/mol. The molecule has 0 saturated heterocycles. The number of nitrogens with one attached hydrogen (secondary N) is 1. The molecule has 0 spiro atoms. The first kappa shape index (κ1) is 21.7. The molecular formula is C21H24ClFN2O3S. The Morgan fingerprint density at radius 2 is 1.66 bits per heavy atom. The van der Waals surface area contributed by atoms with E-state index in [-0.39, 0.29) is 29.9 Å². The van der Waals surface area contributed by atoms with Gasteiger partial charge in [0.25, 0.3) is 0 Å². The SMILES string of the molecule is O=C(CN(C1CCCCC1)S(=O)(=O)c1ccc(F)cc1)NCc1ccc(Cl)cc1. The summed E-state index contributed by atoms with van der Waals surface area (Å²) in [6.07, 6.45) is 4.33. The molecule has 5 nitrogen and oxygen atoms in total. The lowest BCUT2D eigenvalue weighted by Gasteiger charge is -2.33. The third kappa shape index (κ3) is 5.78. The Bertz CT molecular complexity index is 927. The maximum atomic E-state index is 13.2. The fourth-order valence-corrected chi connectivity index (χ4v) is 5.29. The van der Waals surface area contributed by atoms with Crippen molar-refractivity contribution in [1.82, 2.24) is 9.62 Å². The Labute approximate surface area is 175 Å². The van der Waals surface area contributed by atoms with E-state index in [2.05, 4.69) is 5.32 Å². The molecule has 156 valence electrons. The molecule has 1 N–H and O–H groups in total. The summed E-state index contributed by atoms with van der Waals surface area (Å²) < 4.78 is 40.9. The molecule has 0 bridgehead atoms. The molecule has 29 heavy (non-hydrogen) atoms. The van der Waals surface area contributed by atoms with Gasteiger partial charge in [0.2, 0.25) is 15.9 Å². The predicted octanol–water partition coefficient (Wildman–Crippen LogP) is 4.12. The van der Waals surface area contributed by atoms with E-state index in [1.54, 1.807) is 24.3 Å². The second-order valence-corrected chi connectivity index (χ2v) is 9.53. The smallest absolute Gasteiger partial charge is 0.243 e. The van der Waals surface area contributed by atoms with Crippen LogP contribution in [0.4, 0.5) is 4.39 Å². The zero-order valence-corrected chi connectivity index (χ0v) is 17.6. The van der Waals surface area contributed by atoms with Crippen molar-refractivity contribution >= 4 is 27.5 Å². The van der Waals surface area contributed by atoms with Crippen LogP contribution in [0.3, 0.4) is 0 Å². The fourth-order valence-electron chi connectivity index (χ4n) is 3.52. The maximum absolute atomic E-state index is 13.2. The van der Waals surface area contributed by atoms with Gasteiger partial charge < -0.3 is 5.32 Å². The van der Waals surface area contributed by atoms with Crippen molar-refractivity contribution in [3.8, 4) is 0 Å². The normalized spacial score (nSPS) is 15.4. The van der Waals surface area contributed by atoms with Crippen LogP contribution in [0.15, 0.2) is 53.4 Å². The van der Waals surface area contributed by atoms with Gasteiger partial charge in [0.15, 0.2) is 0 Å². The van der Waals surface area contributed by atoms with Gasteiger partial charge in [0.1, 0.15) is 5.82 Å². The lowest BCUT2D eigenvalue weighted by atomic mass is 9.95. The summed E-state index contributed by atoms with van der Waals surface area (Å²) in [5.41, 5.74) is 0.869. The van der Waals surface area contributed by atoms with Gasteiger partial charge in [0, 0.05) is 17.6 Å². The van der Waals surface area contributed by atoms with E-state index in [0.717, 1.165) is 37.0 Å². The largest absolute Gasteiger partial charge is 0.351 e. The molecule has 1 saturated carbocycles. The molecule has 1 fully saturated rings. The molecule has 0 radical (unpaired) electrons. The minimum atomic E-state index is -3.91. The fraction of sp³-hybridized carbons (Fsp3) is 0.381. The van der Waals surface area contributed by atoms with E-state index in [9.17, 15) is 17.6 Å². The van der Waals surface area contributed by atoms with Gasteiger partial charge in [-0.25, -0.2) is 12.8 Å². The van der Waals surface area contributed by atoms with Crippen LogP contribution in [0.1, 0.15) is 37.7 Å². The molecule has 1 amide bonds. The molecule has 1 aliphatic carbocycles. The lowest BCUT2D eigenvalue weighted by Crippen LogP contribution is -2.46. The summed E-state index contributed by atoms with van der Waals surface area (Å²) in [6, 6.07) is 11.6. The maximum Gasteiger partial charge on any atom is 0.243 e. The quantitative estimate of drug-likeness (QED) is 0.707. The summed E-state index contributed by atoms with van der Waals surface area (Å²) >= 11 is 5.86. The van der Waals surface area contributed by atoms with E-state index < -0.39 is 15.8 Å². The first-order valence-electron chi connectivity index (χ1n) is 9.65. The van der Waals surface area contributed by atoms with Crippen molar-refractivity contribution in [1.29, 1.82) is 0 Å². The number of carbonyl (C=O) groups is 1. The monoisotopic (exact) mass is 438 g/mol. The first-order valence-corrected chi connectivity index (χ1v) is 11.5. The van der Waals surface area contributed by atoms with Gasteiger partial charge in [-0.15, -0.1) is 0 Å². The van der Waals surface area contributed by atoms with Crippen molar-refractivity contribution in [2.24, 2.45) is 0 Å². The zero-order valence-electron chi connectivity index (χ0n) is 16.0. The van der Waals surface area contributed by atoms with Gasteiger partial charge in [0.05, 0.1) is 11.4 Å². The molecule has 1 aliphatic rings. The average Bonchev–Trinajstić information content (AvgIpc) is 2.72. The number of carbonyl (C=O) groups excluding carboxylic acids is 1. The highest BCUT2D eigenvalue weighted by atomic mass is 35.5. The first-order chi connectivity index (χ1) is 13.9. The average molecular weight is 439 g/mol. The van der Waals surface area contributed by atoms with Crippen LogP contribution < -0.4 is 5.32 Å². The van der Waals surface area contributed by atoms with Crippen LogP contribution in [0.2, 0.25) is 5.02 Å². The van der Waals surface area contributed by atoms with Gasteiger partial charge in [-0.3, -0.25) is 4.79 Å². The van der Waals surface area contributed by atoms with E-state index in [1.807, 2.05) is 0 Å². The van der Waals surface area contributed by atoms with E-state index in [0.29, 0.717) is 17.9 Å². The number of benzene rings is 2. The molecule has 2 aromatic rings. The topological polar surface area (TPSA) is 66.5 Å². The third-order valence-electron chi connectivity index (χ3n) is 5.10. The zero-order chi connectivity index (χ0) is 20.9. The molecule has 3 rings (SSSR count). The lowest BCUT2D eigenvalue weighted by molar-refractivity contribution is -0.121. The summed E-state index contributed by atoms with van der Waals surface area (Å²) in [4.78, 5) is 12.6. The Morgan fingerprint density at radius 3 is 2.28 bits per heavy atom. The number of sulfonamides is 1. The summed E-state index contributed by atoms with van der Waals surface area (Å²) in [6.45, 7) is 0.0169. The highest BCUT2D eigenvalue weighted by molar-refractivity contribution is 7.89. The third-order valence-corrected chi connectivity index (χ3v) is 7.27. The Balaban J connectivity index is 1.75. The Hall–Kier alpha value is -1.96. The molecule has 2 aromatic carbocycles. The Morgan fingerprint density at radius 1 is 1.03 bits per heavy atom. The number of rotatable bonds is 7. The van der Waals surface area contributed by atoms with Crippen LogP contribution in [0.25, 0.3) is 0 Å². The van der Waals surface area contributed by atoms with Crippen LogP contribution in [0, 0.1) is 5.82 Å². The minimum Gasteiger partial charge on any atom is -0.351 e. The molecule has 8 heteroatoms. The number of halogens is 2. The highest BCUT2D eigenvalue weighted by Crippen LogP contribution is 2.27. The van der Waals surface area contributed by atoms with E-state index in [1.165, 1.54) is 16.4 Å². The molecule has 0 heterocycles. The van der Waals surface area contributed by atoms with Gasteiger partial charge in [-0.05, 0) is 54.8 Å². The molecule has 0 unspecified atom stereocenters. The van der Waals surface area contributed by atoms with Gasteiger partial charge in [-0.2, -0.15) is 4.31 Å². The van der Waals surface area contributed by atoms with Crippen LogP contribution in [-0.2, 0) is 21.4 Å². The minimum absolute atomic E-state index is 0.00465. The van der Waals surface area contributed by atoms with Crippen molar-refractivity contribution in [3.05, 3.63) is 64.9 Å². The van der Waals surface area contributed by atoms with Crippen LogP contribution in [-0.4, -0.2) is 31.2 Å². The van der Waals surface area contributed by atoms with Crippen molar-refractivity contribution < 1.29 is 17.6 Å². The number of amides is 1. The summed E-state index contributed by atoms with van der Waals surface area (Å²) in [7, 11) is -3.91. The Kier molecular flexibility index (Phi) is 7.27. The van der Waals surface area contributed by atoms with Gasteiger partial charge >= 0.3 is 0 Å². The molecule has 0 aromatic heterocycles. The standard InChI is InChI=1S/C21H24ClFN2O3S/c22-17-8-6-16(7-9-17)14-24-21(26)15-25(19-4-2-1-3-5-19)29(27,28)20-12-10-18(23)11-13-20/h6-13,19H,1-5,14-15H2,(H,24,26). The van der Waals surface area contributed by atoms with Crippen molar-refractivity contribution in [3.63, 3.8) is 0 Å². The van der Waals surface area contributed by atoms with Crippen LogP contribution >= 0.6 is 11.6 Å². The molecule has 0 aliphatic heterocycles. The van der Waals surface area contributed by atoms with Crippen molar-refractivity contribution in [2.75, 3.05) is 6.54 Å². The molecule has 0 atom stereocenters. The molecular weight excluding hydrogens is 415 g/mol.